The molecular weight excluding hydrogens is 1020 g/mol. The van der Waals surface area contributed by atoms with Crippen molar-refractivity contribution in [2.75, 3.05) is 54.4 Å². The Morgan fingerprint density at radius 3 is 0.765 bits per heavy atom. The summed E-state index contributed by atoms with van der Waals surface area (Å²) in [5, 5.41) is 0. The molecule has 81 heavy (non-hydrogen) atoms. The van der Waals surface area contributed by atoms with E-state index in [1.807, 2.05) is 21.3 Å². The average Bonchev–Trinajstić information content (AvgIpc) is 3.47. The quantitative estimate of drug-likeness (QED) is 0.0326. The highest BCUT2D eigenvalue weighted by Gasteiger charge is 2.25. The molecule has 0 rings (SSSR count). The molecule has 12 heteroatoms. The standard InChI is InChI=1S/C69H134O12/c1-10-16-19-28-37-46-61(73-7)64(76-55-13-4)49-40-31-22-25-34-43-52-67(70)79-58-60(81-69(72)54-45-36-27-24-33-42-51-66(78-57-15-6)63(75-9)48-39-30-21-18-12-3)59-80-68(71)53-44-35-26-23-32-41-50-65(77-56-14-5)62(74-8)47-38-29-20-17-11-2/h60-66H,10-59H2,1-9H3. The van der Waals surface area contributed by atoms with Crippen molar-refractivity contribution < 1.29 is 57.0 Å². The third-order valence-corrected chi connectivity index (χ3v) is 16.1. The van der Waals surface area contributed by atoms with Crippen molar-refractivity contribution in [1.82, 2.24) is 0 Å². The monoisotopic (exact) mass is 1150 g/mol. The zero-order valence-electron chi connectivity index (χ0n) is 54.8. The van der Waals surface area contributed by atoms with Gasteiger partial charge in [0.25, 0.3) is 0 Å². The second kappa shape index (κ2) is 61.3. The Hall–Kier alpha value is -1.83. The lowest BCUT2D eigenvalue weighted by atomic mass is 9.99. The zero-order valence-corrected chi connectivity index (χ0v) is 54.8. The minimum atomic E-state index is -0.840. The van der Waals surface area contributed by atoms with E-state index in [0.29, 0.717) is 12.8 Å². The number of unbranched alkanes of at least 4 members (excludes halogenated alkanes) is 27. The van der Waals surface area contributed by atoms with Crippen LogP contribution in [-0.4, -0.2) is 115 Å². The molecule has 0 heterocycles. The summed E-state index contributed by atoms with van der Waals surface area (Å²) in [6.45, 7) is 15.3. The van der Waals surface area contributed by atoms with E-state index in [1.54, 1.807) is 0 Å². The summed E-state index contributed by atoms with van der Waals surface area (Å²) < 4.78 is 53.8. The lowest BCUT2D eigenvalue weighted by Crippen LogP contribution is -2.31. The first kappa shape index (κ1) is 79.2. The average molecular weight is 1160 g/mol. The van der Waals surface area contributed by atoms with Gasteiger partial charge in [-0.1, -0.05) is 234 Å². The molecule has 0 aliphatic rings. The van der Waals surface area contributed by atoms with Crippen LogP contribution >= 0.6 is 0 Å². The van der Waals surface area contributed by atoms with E-state index in [0.717, 1.165) is 193 Å². The first-order chi connectivity index (χ1) is 39.7. The molecule has 12 nitrogen and oxygen atoms in total. The molecule has 6 atom stereocenters. The largest absolute Gasteiger partial charge is 0.462 e. The summed E-state index contributed by atoms with van der Waals surface area (Å²) in [6, 6.07) is 0. The molecule has 0 radical (unpaired) electrons. The molecule has 0 aliphatic heterocycles. The van der Waals surface area contributed by atoms with Crippen molar-refractivity contribution in [3.8, 4) is 0 Å². The molecule has 0 fully saturated rings. The first-order valence-corrected chi connectivity index (χ1v) is 34.6. The Morgan fingerprint density at radius 1 is 0.272 bits per heavy atom. The van der Waals surface area contributed by atoms with Crippen molar-refractivity contribution in [2.24, 2.45) is 0 Å². The van der Waals surface area contributed by atoms with Crippen LogP contribution < -0.4 is 0 Å². The van der Waals surface area contributed by atoms with Crippen LogP contribution in [0, 0.1) is 0 Å². The maximum absolute atomic E-state index is 13.2. The minimum absolute atomic E-state index is 0.124. The molecular formula is C69H134O12. The maximum atomic E-state index is 13.2. The van der Waals surface area contributed by atoms with Gasteiger partial charge in [0.15, 0.2) is 6.10 Å². The van der Waals surface area contributed by atoms with Gasteiger partial charge in [-0.2, -0.15) is 0 Å². The molecule has 0 saturated heterocycles. The van der Waals surface area contributed by atoms with Gasteiger partial charge in [-0.05, 0) is 77.0 Å². The Labute approximate surface area is 500 Å². The number of carbonyl (C=O) groups excluding carboxylic acids is 3. The van der Waals surface area contributed by atoms with E-state index in [1.165, 1.54) is 96.3 Å². The van der Waals surface area contributed by atoms with Crippen LogP contribution in [0.1, 0.15) is 330 Å². The van der Waals surface area contributed by atoms with E-state index in [-0.39, 0.29) is 74.2 Å². The van der Waals surface area contributed by atoms with Gasteiger partial charge in [0.05, 0.1) is 36.6 Å². The Bertz CT molecular complexity index is 1270. The van der Waals surface area contributed by atoms with Gasteiger partial charge in [0.1, 0.15) is 13.2 Å². The van der Waals surface area contributed by atoms with Crippen molar-refractivity contribution in [3.05, 3.63) is 0 Å². The Balaban J connectivity index is 5.05. The molecule has 0 spiro atoms. The van der Waals surface area contributed by atoms with Crippen LogP contribution in [0.3, 0.4) is 0 Å². The summed E-state index contributed by atoms with van der Waals surface area (Å²) in [4.78, 5) is 39.0. The molecule has 0 aromatic carbocycles. The van der Waals surface area contributed by atoms with Crippen LogP contribution in [0.25, 0.3) is 0 Å². The Morgan fingerprint density at radius 2 is 0.506 bits per heavy atom. The van der Waals surface area contributed by atoms with Gasteiger partial charge in [-0.25, -0.2) is 0 Å². The molecule has 482 valence electrons. The molecule has 0 aliphatic carbocycles. The van der Waals surface area contributed by atoms with Crippen molar-refractivity contribution >= 4 is 17.9 Å². The van der Waals surface area contributed by atoms with Crippen LogP contribution in [-0.2, 0) is 57.0 Å². The smallest absolute Gasteiger partial charge is 0.306 e. The molecule has 0 bridgehead atoms. The van der Waals surface area contributed by atoms with Gasteiger partial charge >= 0.3 is 17.9 Å². The minimum Gasteiger partial charge on any atom is -0.462 e. The number of hydrogen-bond donors (Lipinski definition) is 0. The zero-order chi connectivity index (χ0) is 59.5. The second-order valence-corrected chi connectivity index (χ2v) is 23.6. The number of carbonyl (C=O) groups is 3. The maximum Gasteiger partial charge on any atom is 0.306 e. The second-order valence-electron chi connectivity index (χ2n) is 23.6. The fraction of sp³-hybridized carbons (Fsp3) is 0.957. The highest BCUT2D eigenvalue weighted by molar-refractivity contribution is 5.71. The number of methoxy groups -OCH3 is 3. The van der Waals surface area contributed by atoms with E-state index in [4.69, 9.17) is 42.6 Å². The molecule has 0 saturated carbocycles. The van der Waals surface area contributed by atoms with E-state index in [2.05, 4.69) is 41.5 Å². The van der Waals surface area contributed by atoms with Crippen LogP contribution in [0.2, 0.25) is 0 Å². The highest BCUT2D eigenvalue weighted by Crippen LogP contribution is 2.24. The number of hydrogen-bond acceptors (Lipinski definition) is 12. The predicted octanol–water partition coefficient (Wildman–Crippen LogP) is 18.9. The highest BCUT2D eigenvalue weighted by atomic mass is 16.6. The molecule has 0 N–H and O–H groups in total. The van der Waals surface area contributed by atoms with Crippen molar-refractivity contribution in [1.29, 1.82) is 0 Å². The van der Waals surface area contributed by atoms with Gasteiger partial charge in [0.2, 0.25) is 0 Å². The summed E-state index contributed by atoms with van der Waals surface area (Å²) in [7, 11) is 5.48. The van der Waals surface area contributed by atoms with Crippen LogP contribution in [0.5, 0.6) is 0 Å². The normalized spacial score (nSPS) is 14.3. The third kappa shape index (κ3) is 49.0. The molecule has 6 unspecified atom stereocenters. The summed E-state index contributed by atoms with van der Waals surface area (Å²) in [6.07, 6.45) is 47.2. The third-order valence-electron chi connectivity index (χ3n) is 16.1. The van der Waals surface area contributed by atoms with Crippen LogP contribution in [0.15, 0.2) is 0 Å². The van der Waals surface area contributed by atoms with Crippen molar-refractivity contribution in [2.45, 2.75) is 373 Å². The van der Waals surface area contributed by atoms with Gasteiger partial charge in [-0.3, -0.25) is 14.4 Å². The number of rotatable bonds is 65. The predicted molar refractivity (Wildman–Crippen MR) is 335 cm³/mol. The van der Waals surface area contributed by atoms with Crippen molar-refractivity contribution in [3.63, 3.8) is 0 Å². The number of ether oxygens (including phenoxy) is 9. The fourth-order valence-electron chi connectivity index (χ4n) is 11.0. The lowest BCUT2D eigenvalue weighted by Gasteiger charge is -2.26. The van der Waals surface area contributed by atoms with Gasteiger partial charge in [0, 0.05) is 60.4 Å². The summed E-state index contributed by atoms with van der Waals surface area (Å²) in [5.41, 5.74) is 0. The fourth-order valence-corrected chi connectivity index (χ4v) is 11.0. The van der Waals surface area contributed by atoms with E-state index < -0.39 is 6.10 Å². The summed E-state index contributed by atoms with van der Waals surface area (Å²) >= 11 is 0. The molecule has 0 aromatic rings. The van der Waals surface area contributed by atoms with Gasteiger partial charge in [-0.15, -0.1) is 0 Å². The lowest BCUT2D eigenvalue weighted by molar-refractivity contribution is -0.167. The topological polar surface area (TPSA) is 134 Å². The van der Waals surface area contributed by atoms with E-state index in [9.17, 15) is 14.4 Å². The first-order valence-electron chi connectivity index (χ1n) is 34.6. The van der Waals surface area contributed by atoms with Crippen LogP contribution in [0.4, 0.5) is 0 Å². The number of esters is 3. The Kier molecular flexibility index (Phi) is 59.9. The SMILES string of the molecule is CCCCCCCC(OC)C(CCCCCCCCC(=O)OCC(COC(=O)CCCCCCCCC(OCCC)C(CCCCCCC)OC)OC(=O)CCCCCCCCC(OCCC)C(CCCCCCC)OC)OCCC. The summed E-state index contributed by atoms with van der Waals surface area (Å²) in [5.74, 6) is -0.986. The van der Waals surface area contributed by atoms with Gasteiger partial charge < -0.3 is 42.6 Å². The van der Waals surface area contributed by atoms with E-state index >= 15 is 0 Å². The molecule has 0 amide bonds. The molecule has 0 aromatic heterocycles.